The van der Waals surface area contributed by atoms with Gasteiger partial charge >= 0.3 is 0 Å². The van der Waals surface area contributed by atoms with Crippen LogP contribution in [0.1, 0.15) is 44.5 Å². The third-order valence-electron chi connectivity index (χ3n) is 12.4. The molecule has 2 radical (unpaired) electrons. The van der Waals surface area contributed by atoms with Crippen molar-refractivity contribution in [2.75, 3.05) is 11.8 Å². The molecular formula is C58H64Au2O8P4+4. The molecule has 0 atom stereocenters. The molecule has 0 unspecified atom stereocenters. The van der Waals surface area contributed by atoms with Gasteiger partial charge < -0.3 is 40.9 Å². The minimum Gasteiger partial charge on any atom is -0.392 e. The summed E-state index contributed by atoms with van der Waals surface area (Å²) in [7, 11) is -5.19. The predicted molar refractivity (Wildman–Crippen MR) is 299 cm³/mol. The molecule has 0 saturated heterocycles. The number of aliphatic hydroxyl groups is 8. The molecule has 0 saturated carbocycles. The van der Waals surface area contributed by atoms with Crippen LogP contribution in [-0.2, 0) is 97.6 Å². The molecule has 14 heteroatoms. The zero-order chi connectivity index (χ0) is 49.2. The number of hydrogen-bond donors (Lipinski definition) is 8. The van der Waals surface area contributed by atoms with Crippen molar-refractivity contribution in [1.29, 1.82) is 0 Å². The Morgan fingerprint density at radius 1 is 0.208 bits per heavy atom. The maximum atomic E-state index is 9.79. The summed E-state index contributed by atoms with van der Waals surface area (Å²) in [5.74, 6) is 1.87. The molecule has 0 aliphatic carbocycles. The van der Waals surface area contributed by atoms with Crippen molar-refractivity contribution in [3.63, 3.8) is 0 Å². The van der Waals surface area contributed by atoms with Gasteiger partial charge in [-0.05, 0) is 142 Å². The van der Waals surface area contributed by atoms with Crippen LogP contribution in [0.3, 0.4) is 0 Å². The van der Waals surface area contributed by atoms with E-state index in [-0.39, 0.29) is 97.6 Å². The fourth-order valence-electron chi connectivity index (χ4n) is 8.70. The number of hydrogen-bond acceptors (Lipinski definition) is 8. The normalized spacial score (nSPS) is 11.1. The van der Waals surface area contributed by atoms with Gasteiger partial charge in [0.05, 0.1) is 52.9 Å². The van der Waals surface area contributed by atoms with Crippen LogP contribution < -0.4 is 42.4 Å². The van der Waals surface area contributed by atoms with E-state index in [1.807, 2.05) is 97.1 Å². The van der Waals surface area contributed by atoms with Crippen molar-refractivity contribution in [2.24, 2.45) is 0 Å². The summed E-state index contributed by atoms with van der Waals surface area (Å²) >= 11 is 0. The predicted octanol–water partition coefficient (Wildman–Crippen LogP) is 5.28. The smallest absolute Gasteiger partial charge is 0.174 e. The zero-order valence-electron chi connectivity index (χ0n) is 39.7. The van der Waals surface area contributed by atoms with E-state index in [4.69, 9.17) is 0 Å². The Morgan fingerprint density at radius 3 is 0.444 bits per heavy atom. The third-order valence-corrected chi connectivity index (χ3v) is 26.1. The van der Waals surface area contributed by atoms with Crippen LogP contribution in [0.15, 0.2) is 194 Å². The van der Waals surface area contributed by atoms with Crippen molar-refractivity contribution in [3.8, 4) is 0 Å². The van der Waals surface area contributed by atoms with E-state index < -0.39 is 31.7 Å². The second-order valence-corrected chi connectivity index (χ2v) is 28.4. The zero-order valence-corrected chi connectivity index (χ0v) is 48.1. The molecule has 8 rings (SSSR count). The SMILES string of the molecule is OCc1cccc([PH+](C[PH+](c2cccc(CO)c2)c2cccc(CO)c2)c2cccc(CO)c2)c1.OCc1cccc([PH+](C[PH+](c2cccc(CO)c2)c2cccc(CO)c2)c2cccc(CO)c2)c1.[Au].[Au]. The van der Waals surface area contributed by atoms with Crippen LogP contribution in [0.2, 0.25) is 0 Å². The molecule has 0 aliphatic heterocycles. The molecule has 0 bridgehead atoms. The Hall–Kier alpha value is -3.36. The van der Waals surface area contributed by atoms with Gasteiger partial charge in [0.25, 0.3) is 0 Å². The molecule has 0 amide bonds. The maximum absolute atomic E-state index is 9.79. The first-order chi connectivity index (χ1) is 34.3. The summed E-state index contributed by atoms with van der Waals surface area (Å²) < 4.78 is 0. The van der Waals surface area contributed by atoms with Crippen LogP contribution >= 0.6 is 31.7 Å². The largest absolute Gasteiger partial charge is 0.392 e. The van der Waals surface area contributed by atoms with Crippen molar-refractivity contribution in [3.05, 3.63) is 239 Å². The molecular weight excluding hydrogens is 1340 g/mol. The van der Waals surface area contributed by atoms with Gasteiger partial charge in [-0.3, -0.25) is 0 Å². The molecule has 8 aromatic carbocycles. The minimum absolute atomic E-state index is 0. The molecule has 0 fully saturated rings. The standard InChI is InChI=1S/2C29H30O4P2.2Au/c2*30-17-22-5-1-9-26(13-22)34(27-10-2-6-23(14-27)18-31)21-35(28-11-3-7-24(15-28)19-32)29-12-4-8-25(16-29)20-33;;/h2*1-16,30-33H,17-21H2;;/p+4. The summed E-state index contributed by atoms with van der Waals surface area (Å²) in [5.41, 5.74) is 7.12. The van der Waals surface area contributed by atoms with E-state index >= 15 is 0 Å². The van der Waals surface area contributed by atoms with Crippen LogP contribution in [0.25, 0.3) is 0 Å². The summed E-state index contributed by atoms with van der Waals surface area (Å²) in [6, 6.07) is 65.6. The number of aliphatic hydroxyl groups excluding tert-OH is 8. The number of benzene rings is 8. The third kappa shape index (κ3) is 16.3. The first-order valence-electron chi connectivity index (χ1n) is 23.3. The Morgan fingerprint density at radius 2 is 0.333 bits per heavy atom. The summed E-state index contributed by atoms with van der Waals surface area (Å²) in [4.78, 5) is 0. The fourth-order valence-corrected chi connectivity index (χ4v) is 24.6. The van der Waals surface area contributed by atoms with Crippen molar-refractivity contribution in [2.45, 2.75) is 52.9 Å². The maximum Gasteiger partial charge on any atom is 0.174 e. The average Bonchev–Trinajstić information content (AvgIpc) is 3.43. The molecule has 8 aromatic rings. The van der Waals surface area contributed by atoms with E-state index in [1.165, 1.54) is 42.4 Å². The minimum atomic E-state index is -1.30. The van der Waals surface area contributed by atoms with E-state index in [9.17, 15) is 40.9 Å². The van der Waals surface area contributed by atoms with Gasteiger partial charge in [-0.2, -0.15) is 0 Å². The van der Waals surface area contributed by atoms with E-state index in [1.54, 1.807) is 0 Å². The molecule has 382 valence electrons. The van der Waals surface area contributed by atoms with Crippen LogP contribution in [0.5, 0.6) is 0 Å². The van der Waals surface area contributed by atoms with Gasteiger partial charge in [0.15, 0.2) is 11.8 Å². The summed E-state index contributed by atoms with van der Waals surface area (Å²) in [6.07, 6.45) is 0. The molecule has 0 aliphatic rings. The van der Waals surface area contributed by atoms with Crippen LogP contribution in [-0.4, -0.2) is 52.7 Å². The first-order valence-corrected chi connectivity index (χ1v) is 30.2. The van der Waals surface area contributed by atoms with Gasteiger partial charge in [0.2, 0.25) is 0 Å². The number of rotatable bonds is 20. The molecule has 8 nitrogen and oxygen atoms in total. The van der Waals surface area contributed by atoms with E-state index in [0.29, 0.717) is 0 Å². The molecule has 0 aromatic heterocycles. The van der Waals surface area contributed by atoms with Crippen LogP contribution in [0, 0.1) is 0 Å². The Labute approximate surface area is 459 Å². The second kappa shape index (κ2) is 30.9. The summed E-state index contributed by atoms with van der Waals surface area (Å²) in [5, 5.41) is 88.0. The molecule has 8 N–H and O–H groups in total. The van der Waals surface area contributed by atoms with Gasteiger partial charge in [-0.25, -0.2) is 0 Å². The second-order valence-electron chi connectivity index (χ2n) is 17.1. The van der Waals surface area contributed by atoms with E-state index in [0.717, 1.165) is 56.3 Å². The Balaban J connectivity index is 0.000000260. The van der Waals surface area contributed by atoms with Gasteiger partial charge in [0, 0.05) is 44.8 Å². The van der Waals surface area contributed by atoms with Crippen molar-refractivity contribution < 1.29 is 85.6 Å². The topological polar surface area (TPSA) is 162 Å². The van der Waals surface area contributed by atoms with Gasteiger partial charge in [0.1, 0.15) is 74.1 Å². The fraction of sp³-hybridized carbons (Fsp3) is 0.172. The molecule has 72 heavy (non-hydrogen) atoms. The first kappa shape index (κ1) is 59.5. The van der Waals surface area contributed by atoms with Crippen LogP contribution in [0.4, 0.5) is 0 Å². The quantitative estimate of drug-likeness (QED) is 0.0378. The molecule has 0 spiro atoms. The van der Waals surface area contributed by atoms with Gasteiger partial charge in [-0.1, -0.05) is 97.1 Å². The van der Waals surface area contributed by atoms with Gasteiger partial charge in [-0.15, -0.1) is 0 Å². The monoisotopic (exact) mass is 1410 g/mol. The Bertz CT molecular complexity index is 2350. The molecule has 0 heterocycles. The Kier molecular flexibility index (Phi) is 25.5. The summed E-state index contributed by atoms with van der Waals surface area (Å²) in [6.45, 7) is -0.0431. The average molecular weight is 1410 g/mol. The van der Waals surface area contributed by atoms with Crippen molar-refractivity contribution >= 4 is 74.1 Å². The van der Waals surface area contributed by atoms with Crippen molar-refractivity contribution in [1.82, 2.24) is 0 Å². The van der Waals surface area contributed by atoms with E-state index in [2.05, 4.69) is 97.1 Å².